The third kappa shape index (κ3) is 3.50. The summed E-state index contributed by atoms with van der Waals surface area (Å²) in [4.78, 5) is 29.9. The average Bonchev–Trinajstić information content (AvgIpc) is 3.12. The molecule has 0 saturated carbocycles. The lowest BCUT2D eigenvalue weighted by molar-refractivity contribution is 0.412. The lowest BCUT2D eigenvalue weighted by Gasteiger charge is -2.11. The molecule has 7 nitrogen and oxygen atoms in total. The van der Waals surface area contributed by atoms with Gasteiger partial charge in [0, 0.05) is 18.0 Å². The highest BCUT2D eigenvalue weighted by molar-refractivity contribution is 5.53. The van der Waals surface area contributed by atoms with Gasteiger partial charge in [-0.05, 0) is 31.2 Å². The van der Waals surface area contributed by atoms with Gasteiger partial charge in [-0.1, -0.05) is 30.3 Å². The maximum Gasteiger partial charge on any atom is 0.321 e. The Morgan fingerprint density at radius 1 is 0.966 bits per heavy atom. The zero-order valence-electron chi connectivity index (χ0n) is 16.0. The van der Waals surface area contributed by atoms with Gasteiger partial charge in [-0.25, -0.2) is 4.98 Å². The van der Waals surface area contributed by atoms with Gasteiger partial charge in [-0.2, -0.15) is 0 Å². The Labute approximate surface area is 166 Å². The third-order valence-corrected chi connectivity index (χ3v) is 4.64. The van der Waals surface area contributed by atoms with Crippen molar-refractivity contribution in [2.24, 2.45) is 0 Å². The quantitative estimate of drug-likeness (QED) is 0.490. The van der Waals surface area contributed by atoms with Gasteiger partial charge < -0.3 is 13.7 Å². The normalized spacial score (nSPS) is 10.8. The van der Waals surface area contributed by atoms with Crippen molar-refractivity contribution in [2.45, 2.75) is 13.5 Å². The fourth-order valence-corrected chi connectivity index (χ4v) is 3.09. The Balaban J connectivity index is 1.70. The summed E-state index contributed by atoms with van der Waals surface area (Å²) in [6, 6.07) is 16.5. The van der Waals surface area contributed by atoms with Crippen LogP contribution in [0, 0.1) is 6.92 Å². The SMILES string of the molecule is COc1ccccc1-n1ccn(Cc2nc(-c3ccccc3)oc2C)c(=O)c1=O. The first-order chi connectivity index (χ1) is 14.1. The molecule has 4 rings (SSSR count). The second kappa shape index (κ2) is 7.63. The maximum absolute atomic E-state index is 12.7. The molecule has 2 heterocycles. The van der Waals surface area contributed by atoms with Crippen molar-refractivity contribution in [3.8, 4) is 22.9 Å². The highest BCUT2D eigenvalue weighted by Gasteiger charge is 2.15. The Morgan fingerprint density at radius 2 is 1.69 bits per heavy atom. The number of aromatic nitrogens is 3. The minimum atomic E-state index is -0.665. The van der Waals surface area contributed by atoms with Crippen molar-refractivity contribution in [1.82, 2.24) is 14.1 Å². The van der Waals surface area contributed by atoms with Crippen LogP contribution < -0.4 is 15.9 Å². The summed E-state index contributed by atoms with van der Waals surface area (Å²) in [5.74, 6) is 1.59. The van der Waals surface area contributed by atoms with E-state index < -0.39 is 11.1 Å². The van der Waals surface area contributed by atoms with E-state index in [1.807, 2.05) is 30.3 Å². The molecule has 0 spiro atoms. The highest BCUT2D eigenvalue weighted by Crippen LogP contribution is 2.22. The van der Waals surface area contributed by atoms with Crippen LogP contribution in [-0.4, -0.2) is 21.2 Å². The number of ether oxygens (including phenoxy) is 1. The van der Waals surface area contributed by atoms with Gasteiger partial charge in [0.1, 0.15) is 17.2 Å². The van der Waals surface area contributed by atoms with Crippen LogP contribution in [0.2, 0.25) is 0 Å². The monoisotopic (exact) mass is 389 g/mol. The summed E-state index contributed by atoms with van der Waals surface area (Å²) in [5.41, 5.74) is 0.637. The second-order valence-electron chi connectivity index (χ2n) is 6.47. The fraction of sp³-hybridized carbons (Fsp3) is 0.136. The Kier molecular flexibility index (Phi) is 4.87. The molecule has 0 aliphatic carbocycles. The summed E-state index contributed by atoms with van der Waals surface area (Å²) in [7, 11) is 1.52. The number of aryl methyl sites for hydroxylation is 1. The van der Waals surface area contributed by atoms with Crippen molar-refractivity contribution < 1.29 is 9.15 Å². The van der Waals surface area contributed by atoms with Gasteiger partial charge in [-0.3, -0.25) is 14.2 Å². The van der Waals surface area contributed by atoms with Crippen LogP contribution in [0.15, 0.2) is 81.0 Å². The molecule has 0 aliphatic heterocycles. The Hall–Kier alpha value is -3.87. The number of para-hydroxylation sites is 2. The maximum atomic E-state index is 12.7. The topological polar surface area (TPSA) is 79.3 Å². The molecule has 146 valence electrons. The molecule has 0 amide bonds. The first kappa shape index (κ1) is 18.5. The van der Waals surface area contributed by atoms with Gasteiger partial charge in [0.2, 0.25) is 5.89 Å². The zero-order chi connectivity index (χ0) is 20.4. The molecule has 0 N–H and O–H groups in total. The molecule has 0 atom stereocenters. The summed E-state index contributed by atoms with van der Waals surface area (Å²) >= 11 is 0. The molecule has 4 aromatic rings. The minimum Gasteiger partial charge on any atom is -0.495 e. The van der Waals surface area contributed by atoms with Crippen LogP contribution in [0.5, 0.6) is 5.75 Å². The summed E-state index contributed by atoms with van der Waals surface area (Å²) in [6.45, 7) is 1.93. The third-order valence-electron chi connectivity index (χ3n) is 4.64. The molecule has 0 bridgehead atoms. The van der Waals surface area contributed by atoms with Crippen LogP contribution in [0.3, 0.4) is 0 Å². The molecular weight excluding hydrogens is 370 g/mol. The Morgan fingerprint density at radius 3 is 2.45 bits per heavy atom. The molecule has 2 aromatic heterocycles. The molecule has 0 radical (unpaired) electrons. The van der Waals surface area contributed by atoms with E-state index >= 15 is 0 Å². The van der Waals surface area contributed by atoms with E-state index in [1.54, 1.807) is 43.6 Å². The number of hydrogen-bond acceptors (Lipinski definition) is 5. The van der Waals surface area contributed by atoms with E-state index in [9.17, 15) is 9.59 Å². The van der Waals surface area contributed by atoms with Gasteiger partial charge in [-0.15, -0.1) is 0 Å². The van der Waals surface area contributed by atoms with Gasteiger partial charge >= 0.3 is 11.1 Å². The predicted molar refractivity (Wildman–Crippen MR) is 109 cm³/mol. The average molecular weight is 389 g/mol. The second-order valence-corrected chi connectivity index (χ2v) is 6.47. The molecule has 0 unspecified atom stereocenters. The van der Waals surface area contributed by atoms with Crippen LogP contribution in [0.1, 0.15) is 11.5 Å². The van der Waals surface area contributed by atoms with Crippen LogP contribution in [-0.2, 0) is 6.54 Å². The van der Waals surface area contributed by atoms with Gasteiger partial charge in [0.25, 0.3) is 0 Å². The van der Waals surface area contributed by atoms with Crippen LogP contribution in [0.25, 0.3) is 17.1 Å². The van der Waals surface area contributed by atoms with Crippen molar-refractivity contribution in [1.29, 1.82) is 0 Å². The van der Waals surface area contributed by atoms with E-state index in [-0.39, 0.29) is 6.54 Å². The number of rotatable bonds is 5. The van der Waals surface area contributed by atoms with E-state index in [0.29, 0.717) is 28.8 Å². The highest BCUT2D eigenvalue weighted by atomic mass is 16.5. The van der Waals surface area contributed by atoms with E-state index in [0.717, 1.165) is 5.56 Å². The van der Waals surface area contributed by atoms with Crippen molar-refractivity contribution in [3.05, 3.63) is 99.2 Å². The number of hydrogen-bond donors (Lipinski definition) is 0. The summed E-state index contributed by atoms with van der Waals surface area (Å²) in [6.07, 6.45) is 3.11. The van der Waals surface area contributed by atoms with Crippen molar-refractivity contribution in [3.63, 3.8) is 0 Å². The molecule has 2 aromatic carbocycles. The van der Waals surface area contributed by atoms with Gasteiger partial charge in [0.15, 0.2) is 0 Å². The van der Waals surface area contributed by atoms with Gasteiger partial charge in [0.05, 0.1) is 19.3 Å². The van der Waals surface area contributed by atoms with E-state index in [1.165, 1.54) is 16.2 Å². The van der Waals surface area contributed by atoms with Crippen molar-refractivity contribution in [2.75, 3.05) is 7.11 Å². The number of methoxy groups -OCH3 is 1. The first-order valence-corrected chi connectivity index (χ1v) is 9.05. The lowest BCUT2D eigenvalue weighted by Crippen LogP contribution is -2.40. The summed E-state index contributed by atoms with van der Waals surface area (Å²) < 4.78 is 13.6. The largest absolute Gasteiger partial charge is 0.495 e. The standard InChI is InChI=1S/C22H19N3O4/c1-15-17(23-20(29-15)16-8-4-3-5-9-16)14-24-12-13-25(22(27)21(24)26)18-10-6-7-11-19(18)28-2/h3-13H,14H2,1-2H3. The summed E-state index contributed by atoms with van der Waals surface area (Å²) in [5, 5.41) is 0. The fourth-order valence-electron chi connectivity index (χ4n) is 3.09. The van der Waals surface area contributed by atoms with E-state index in [4.69, 9.17) is 9.15 Å². The molecule has 0 fully saturated rings. The van der Waals surface area contributed by atoms with Crippen LogP contribution in [0.4, 0.5) is 0 Å². The minimum absolute atomic E-state index is 0.142. The lowest BCUT2D eigenvalue weighted by atomic mass is 10.2. The Bertz CT molecular complexity index is 1270. The molecule has 0 saturated heterocycles. The first-order valence-electron chi connectivity index (χ1n) is 9.05. The zero-order valence-corrected chi connectivity index (χ0v) is 16.0. The van der Waals surface area contributed by atoms with Crippen molar-refractivity contribution >= 4 is 0 Å². The molecule has 7 heteroatoms. The molecule has 0 aliphatic rings. The van der Waals surface area contributed by atoms with Crippen LogP contribution >= 0.6 is 0 Å². The molecule has 29 heavy (non-hydrogen) atoms. The van der Waals surface area contributed by atoms with E-state index in [2.05, 4.69) is 4.98 Å². The number of oxazole rings is 1. The predicted octanol–water partition coefficient (Wildman–Crippen LogP) is 3.02. The smallest absolute Gasteiger partial charge is 0.321 e. The number of benzene rings is 2. The molecular formula is C22H19N3O4. The number of nitrogens with zero attached hydrogens (tertiary/aromatic N) is 3.